The van der Waals surface area contributed by atoms with E-state index in [2.05, 4.69) is 29.5 Å². The number of amides is 2. The molecule has 176 valence electrons. The van der Waals surface area contributed by atoms with E-state index < -0.39 is 6.04 Å². The highest BCUT2D eigenvalue weighted by atomic mass is 32.2. The van der Waals surface area contributed by atoms with Gasteiger partial charge >= 0.3 is 0 Å². The quantitative estimate of drug-likeness (QED) is 0.494. The van der Waals surface area contributed by atoms with E-state index in [0.29, 0.717) is 12.3 Å². The van der Waals surface area contributed by atoms with E-state index >= 15 is 0 Å². The number of carbonyl (C=O) groups is 2. The molecule has 0 radical (unpaired) electrons. The smallest absolute Gasteiger partial charge is 0.258 e. The van der Waals surface area contributed by atoms with E-state index in [9.17, 15) is 14.0 Å². The first-order chi connectivity index (χ1) is 16.2. The van der Waals surface area contributed by atoms with Crippen LogP contribution in [0.3, 0.4) is 0 Å². The number of β-lactam (4-membered cyclic amide) rings is 1. The summed E-state index contributed by atoms with van der Waals surface area (Å²) < 4.78 is 19.4. The van der Waals surface area contributed by atoms with Crippen molar-refractivity contribution in [3.05, 3.63) is 47.8 Å². The van der Waals surface area contributed by atoms with Crippen LogP contribution in [0.5, 0.6) is 5.75 Å². The van der Waals surface area contributed by atoms with Gasteiger partial charge in [0.2, 0.25) is 5.91 Å². The monoisotopic (exact) mass is 480 g/mol. The Morgan fingerprint density at radius 1 is 1.29 bits per heavy atom. The first-order valence-electron chi connectivity index (χ1n) is 11.3. The number of H-pyrrole nitrogens is 1. The summed E-state index contributed by atoms with van der Waals surface area (Å²) in [5, 5.41) is 7.04. The van der Waals surface area contributed by atoms with E-state index in [1.165, 1.54) is 6.07 Å². The molecule has 3 unspecified atom stereocenters. The van der Waals surface area contributed by atoms with Crippen molar-refractivity contribution in [3.8, 4) is 17.0 Å². The number of anilines is 1. The number of fused-ring (bicyclic) bond motifs is 6. The molecule has 4 heterocycles. The zero-order valence-electron chi connectivity index (χ0n) is 19.1. The number of halogens is 1. The summed E-state index contributed by atoms with van der Waals surface area (Å²) in [5.41, 5.74) is 4.71. The van der Waals surface area contributed by atoms with Crippen LogP contribution in [0.25, 0.3) is 22.2 Å². The molecular weight excluding hydrogens is 455 g/mol. The molecule has 2 amide bonds. The van der Waals surface area contributed by atoms with Crippen LogP contribution in [0, 0.1) is 5.82 Å². The maximum Gasteiger partial charge on any atom is 0.258 e. The predicted octanol–water partition coefficient (Wildman–Crippen LogP) is 3.85. The number of aromatic amines is 1. The van der Waals surface area contributed by atoms with Crippen molar-refractivity contribution in [1.29, 1.82) is 0 Å². The van der Waals surface area contributed by atoms with Gasteiger partial charge in [0.05, 0.1) is 5.69 Å². The zero-order chi connectivity index (χ0) is 23.8. The van der Waals surface area contributed by atoms with Crippen molar-refractivity contribution in [2.45, 2.75) is 49.5 Å². The summed E-state index contributed by atoms with van der Waals surface area (Å²) >= 11 is 1.72. The average Bonchev–Trinajstić information content (AvgIpc) is 3.28. The van der Waals surface area contributed by atoms with Gasteiger partial charge in [0.25, 0.3) is 5.91 Å². The van der Waals surface area contributed by atoms with Crippen LogP contribution in [0.1, 0.15) is 26.3 Å². The number of aromatic nitrogens is 1. The van der Waals surface area contributed by atoms with Crippen LogP contribution in [-0.4, -0.2) is 50.5 Å². The number of hydrogen-bond acceptors (Lipinski definition) is 5. The molecule has 3 atom stereocenters. The van der Waals surface area contributed by atoms with E-state index in [1.54, 1.807) is 23.9 Å². The number of carbonyl (C=O) groups excluding carboxylic acids is 2. The molecular formula is C25H25FN4O3S. The number of nitrogens with zero attached hydrogens (tertiary/aromatic N) is 1. The number of ether oxygens (including phenoxy) is 1. The van der Waals surface area contributed by atoms with Gasteiger partial charge in [-0.2, -0.15) is 0 Å². The maximum absolute atomic E-state index is 13.7. The summed E-state index contributed by atoms with van der Waals surface area (Å²) in [6.45, 7) is 6.68. The van der Waals surface area contributed by atoms with Crippen molar-refractivity contribution in [3.63, 3.8) is 0 Å². The molecule has 3 aromatic rings. The molecule has 3 aliphatic rings. The molecule has 7 nitrogen and oxygen atoms in total. The van der Waals surface area contributed by atoms with Crippen molar-refractivity contribution in [2.24, 2.45) is 0 Å². The molecule has 1 aromatic heterocycles. The zero-order valence-corrected chi connectivity index (χ0v) is 19.9. The van der Waals surface area contributed by atoms with Crippen LogP contribution in [0.15, 0.2) is 36.4 Å². The number of thioether (sulfide) groups is 1. The van der Waals surface area contributed by atoms with Crippen LogP contribution < -0.4 is 15.4 Å². The lowest BCUT2D eigenvalue weighted by Crippen LogP contribution is -2.69. The first kappa shape index (κ1) is 21.3. The Balaban J connectivity index is 1.13. The maximum atomic E-state index is 13.7. The fourth-order valence-electron chi connectivity index (χ4n) is 5.06. The Morgan fingerprint density at radius 2 is 2.12 bits per heavy atom. The minimum atomic E-state index is -0.499. The Bertz CT molecular complexity index is 1350. The lowest BCUT2D eigenvalue weighted by molar-refractivity contribution is -0.151. The highest BCUT2D eigenvalue weighted by molar-refractivity contribution is 8.01. The van der Waals surface area contributed by atoms with E-state index in [4.69, 9.17) is 4.74 Å². The molecule has 9 heteroatoms. The molecule has 0 bridgehead atoms. The molecule has 2 aromatic carbocycles. The minimum absolute atomic E-state index is 0.0200. The molecule has 0 spiro atoms. The normalized spacial score (nSPS) is 24.1. The van der Waals surface area contributed by atoms with Gasteiger partial charge in [-0.1, -0.05) is 0 Å². The molecule has 6 rings (SSSR count). The van der Waals surface area contributed by atoms with Gasteiger partial charge in [-0.05, 0) is 51.1 Å². The Hall–Kier alpha value is -3.20. The van der Waals surface area contributed by atoms with Gasteiger partial charge in [0, 0.05) is 51.1 Å². The summed E-state index contributed by atoms with van der Waals surface area (Å²) in [7, 11) is 0. The van der Waals surface area contributed by atoms with E-state index in [-0.39, 0.29) is 40.4 Å². The number of benzene rings is 2. The van der Waals surface area contributed by atoms with Crippen molar-refractivity contribution < 1.29 is 18.7 Å². The van der Waals surface area contributed by atoms with Gasteiger partial charge in [-0.3, -0.25) is 9.59 Å². The summed E-state index contributed by atoms with van der Waals surface area (Å²) in [5.74, 6) is -0.0563. The molecule has 3 N–H and O–H groups in total. The lowest BCUT2D eigenvalue weighted by Gasteiger charge is -2.44. The van der Waals surface area contributed by atoms with Crippen LogP contribution in [0.2, 0.25) is 0 Å². The predicted molar refractivity (Wildman–Crippen MR) is 130 cm³/mol. The molecule has 3 aliphatic heterocycles. The van der Waals surface area contributed by atoms with E-state index in [0.717, 1.165) is 33.4 Å². The number of rotatable bonds is 4. The molecule has 2 fully saturated rings. The van der Waals surface area contributed by atoms with Crippen LogP contribution in [0.4, 0.5) is 10.1 Å². The standard InChI is InChI=1S/C25H25FN4O3S/c1-12-25(2,3)34-24-22(23(32)30(12)24)29-20(31)11-33-14-5-6-15-19(9-14)27-10-17-16-8-13(26)4-7-18(16)28-21(15)17/h4-9,12,22,24,27-28H,10-11H2,1-3H3,(H,29,31). The van der Waals surface area contributed by atoms with Crippen molar-refractivity contribution >= 4 is 40.2 Å². The third kappa shape index (κ3) is 3.17. The van der Waals surface area contributed by atoms with Crippen molar-refractivity contribution in [2.75, 3.05) is 11.9 Å². The molecule has 0 saturated carbocycles. The molecule has 34 heavy (non-hydrogen) atoms. The minimum Gasteiger partial charge on any atom is -0.484 e. The Kier molecular flexibility index (Phi) is 4.64. The lowest BCUT2D eigenvalue weighted by atomic mass is 9.97. The number of nitrogens with one attached hydrogen (secondary N) is 3. The van der Waals surface area contributed by atoms with Crippen LogP contribution in [-0.2, 0) is 16.1 Å². The van der Waals surface area contributed by atoms with Gasteiger partial charge in [-0.25, -0.2) is 4.39 Å². The first-order valence-corrected chi connectivity index (χ1v) is 12.2. The molecule has 0 aliphatic carbocycles. The topological polar surface area (TPSA) is 86.5 Å². The average molecular weight is 481 g/mol. The number of hydrogen-bond donors (Lipinski definition) is 3. The second-order valence-electron chi connectivity index (χ2n) is 9.60. The third-order valence-electron chi connectivity index (χ3n) is 7.20. The fraction of sp³-hybridized carbons (Fsp3) is 0.360. The van der Waals surface area contributed by atoms with Gasteiger partial charge in [-0.15, -0.1) is 11.8 Å². The van der Waals surface area contributed by atoms with Crippen LogP contribution >= 0.6 is 11.8 Å². The van der Waals surface area contributed by atoms with Gasteiger partial charge in [0.1, 0.15) is 23.0 Å². The highest BCUT2D eigenvalue weighted by Gasteiger charge is 2.60. The molecule has 2 saturated heterocycles. The summed E-state index contributed by atoms with van der Waals surface area (Å²) in [6, 6.07) is 9.96. The largest absolute Gasteiger partial charge is 0.484 e. The van der Waals surface area contributed by atoms with Gasteiger partial charge < -0.3 is 25.3 Å². The second kappa shape index (κ2) is 7.40. The fourth-order valence-corrected chi connectivity index (χ4v) is 6.71. The van der Waals surface area contributed by atoms with Crippen molar-refractivity contribution in [1.82, 2.24) is 15.2 Å². The summed E-state index contributed by atoms with van der Waals surface area (Å²) in [6.07, 6.45) is 0. The Morgan fingerprint density at radius 3 is 2.94 bits per heavy atom. The highest BCUT2D eigenvalue weighted by Crippen LogP contribution is 2.50. The third-order valence-corrected chi connectivity index (χ3v) is 8.89. The Labute approximate surface area is 200 Å². The SMILES string of the molecule is CC1N2C(=O)C(NC(=O)COc3ccc4c(c3)NCc3c-4[nH]c4ccc(F)cc34)C2SC1(C)C. The van der Waals surface area contributed by atoms with E-state index in [1.807, 2.05) is 30.0 Å². The summed E-state index contributed by atoms with van der Waals surface area (Å²) in [4.78, 5) is 30.3. The van der Waals surface area contributed by atoms with Gasteiger partial charge in [0.15, 0.2) is 6.61 Å². The second-order valence-corrected chi connectivity index (χ2v) is 11.4.